The van der Waals surface area contributed by atoms with Gasteiger partial charge in [-0.3, -0.25) is 5.73 Å². The second-order valence-corrected chi connectivity index (χ2v) is 2.72. The fraction of sp³-hybridized carbons (Fsp3) is 0.375. The van der Waals surface area contributed by atoms with Crippen LogP contribution in [0.2, 0.25) is 0 Å². The average molecular weight is 153 g/mol. The Bertz CT molecular complexity index is 236. The van der Waals surface area contributed by atoms with Crippen molar-refractivity contribution in [1.82, 2.24) is 0 Å². The maximum Gasteiger partial charge on any atom is 0.333 e. The summed E-state index contributed by atoms with van der Waals surface area (Å²) in [6.07, 6.45) is 2.69. The van der Waals surface area contributed by atoms with Crippen molar-refractivity contribution in [2.75, 3.05) is 0 Å². The van der Waals surface area contributed by atoms with Gasteiger partial charge in [0.2, 0.25) is 0 Å². The van der Waals surface area contributed by atoms with E-state index in [0.29, 0.717) is 0 Å². The van der Waals surface area contributed by atoms with Crippen molar-refractivity contribution in [3.05, 3.63) is 23.3 Å². The molecule has 1 atom stereocenters. The third-order valence-corrected chi connectivity index (χ3v) is 1.31. The van der Waals surface area contributed by atoms with Crippen molar-refractivity contribution in [2.45, 2.75) is 20.1 Å². The van der Waals surface area contributed by atoms with Crippen LogP contribution in [0.4, 0.5) is 0 Å². The first-order chi connectivity index (χ1) is 5.09. The van der Waals surface area contributed by atoms with E-state index in [9.17, 15) is 4.79 Å². The van der Waals surface area contributed by atoms with Gasteiger partial charge in [0.15, 0.2) is 6.23 Å². The summed E-state index contributed by atoms with van der Waals surface area (Å²) in [6.45, 7) is 3.88. The highest BCUT2D eigenvalue weighted by atomic mass is 16.6. The molecule has 1 unspecified atom stereocenters. The SMILES string of the molecule is CC(C)=CC1=CC(=O)OC1N. The lowest BCUT2D eigenvalue weighted by Crippen LogP contribution is -2.21. The normalized spacial score (nSPS) is 22.6. The molecule has 0 saturated carbocycles. The molecule has 0 bridgehead atoms. The highest BCUT2D eigenvalue weighted by molar-refractivity contribution is 5.86. The Morgan fingerprint density at radius 3 is 2.73 bits per heavy atom. The molecule has 0 fully saturated rings. The summed E-state index contributed by atoms with van der Waals surface area (Å²) in [5, 5.41) is 0. The molecule has 60 valence electrons. The van der Waals surface area contributed by atoms with Crippen molar-refractivity contribution < 1.29 is 9.53 Å². The average Bonchev–Trinajstić information content (AvgIpc) is 2.09. The lowest BCUT2D eigenvalue weighted by atomic mass is 10.2. The van der Waals surface area contributed by atoms with E-state index in [2.05, 4.69) is 4.74 Å². The zero-order chi connectivity index (χ0) is 8.43. The first-order valence-corrected chi connectivity index (χ1v) is 3.42. The topological polar surface area (TPSA) is 52.3 Å². The molecular formula is C8H11NO2. The van der Waals surface area contributed by atoms with Crippen LogP contribution in [-0.4, -0.2) is 12.2 Å². The number of ether oxygens (including phenoxy) is 1. The predicted molar refractivity (Wildman–Crippen MR) is 41.6 cm³/mol. The van der Waals surface area contributed by atoms with Crippen LogP contribution in [0.15, 0.2) is 23.3 Å². The van der Waals surface area contributed by atoms with E-state index in [1.165, 1.54) is 6.08 Å². The van der Waals surface area contributed by atoms with Crippen molar-refractivity contribution in [3.8, 4) is 0 Å². The van der Waals surface area contributed by atoms with Crippen molar-refractivity contribution >= 4 is 5.97 Å². The van der Waals surface area contributed by atoms with Crippen molar-refractivity contribution in [2.24, 2.45) is 5.73 Å². The number of esters is 1. The third kappa shape index (κ3) is 1.91. The zero-order valence-electron chi connectivity index (χ0n) is 6.63. The number of hydrogen-bond donors (Lipinski definition) is 1. The Morgan fingerprint density at radius 1 is 1.73 bits per heavy atom. The van der Waals surface area contributed by atoms with Gasteiger partial charge in [0, 0.05) is 11.6 Å². The summed E-state index contributed by atoms with van der Waals surface area (Å²) < 4.78 is 4.68. The Morgan fingerprint density at radius 2 is 2.36 bits per heavy atom. The van der Waals surface area contributed by atoms with E-state index in [4.69, 9.17) is 5.73 Å². The molecule has 1 aliphatic heterocycles. The van der Waals surface area contributed by atoms with Crippen LogP contribution >= 0.6 is 0 Å². The van der Waals surface area contributed by atoms with Crippen molar-refractivity contribution in [1.29, 1.82) is 0 Å². The molecule has 0 aliphatic carbocycles. The fourth-order valence-electron chi connectivity index (χ4n) is 0.903. The van der Waals surface area contributed by atoms with Crippen LogP contribution in [0.25, 0.3) is 0 Å². The summed E-state index contributed by atoms with van der Waals surface area (Å²) in [7, 11) is 0. The monoisotopic (exact) mass is 153 g/mol. The molecule has 1 rings (SSSR count). The van der Waals surface area contributed by atoms with E-state index in [0.717, 1.165) is 11.1 Å². The van der Waals surface area contributed by atoms with Crippen LogP contribution in [0.5, 0.6) is 0 Å². The van der Waals surface area contributed by atoms with Gasteiger partial charge in [-0.15, -0.1) is 0 Å². The minimum absolute atomic E-state index is 0.356. The number of rotatable bonds is 1. The standard InChI is InChI=1S/C8H11NO2/c1-5(2)3-6-4-7(10)11-8(6)9/h3-4,8H,9H2,1-2H3. The molecule has 0 spiro atoms. The van der Waals surface area contributed by atoms with E-state index in [1.54, 1.807) is 0 Å². The quantitative estimate of drug-likeness (QED) is 0.565. The molecule has 3 heteroatoms. The molecule has 0 aromatic heterocycles. The number of carbonyl (C=O) groups excluding carboxylic acids is 1. The summed E-state index contributed by atoms with van der Waals surface area (Å²) in [5.41, 5.74) is 7.31. The molecule has 3 nitrogen and oxygen atoms in total. The zero-order valence-corrected chi connectivity index (χ0v) is 6.63. The van der Waals surface area contributed by atoms with Gasteiger partial charge in [-0.1, -0.05) is 11.6 Å². The van der Waals surface area contributed by atoms with Crippen molar-refractivity contribution in [3.63, 3.8) is 0 Å². The van der Waals surface area contributed by atoms with Gasteiger partial charge >= 0.3 is 5.97 Å². The molecular weight excluding hydrogens is 142 g/mol. The summed E-state index contributed by atoms with van der Waals surface area (Å²) in [4.78, 5) is 10.6. The molecule has 0 amide bonds. The fourth-order valence-corrected chi connectivity index (χ4v) is 0.903. The minimum atomic E-state index is -0.572. The van der Waals surface area contributed by atoms with E-state index >= 15 is 0 Å². The van der Waals surface area contributed by atoms with Gasteiger partial charge < -0.3 is 4.74 Å². The minimum Gasteiger partial charge on any atom is -0.439 e. The lowest BCUT2D eigenvalue weighted by molar-refractivity contribution is -0.138. The number of allylic oxidation sites excluding steroid dienone is 1. The highest BCUT2D eigenvalue weighted by Gasteiger charge is 2.19. The number of hydrogen-bond acceptors (Lipinski definition) is 3. The van der Waals surface area contributed by atoms with Gasteiger partial charge in [0.1, 0.15) is 0 Å². The molecule has 0 aromatic rings. The summed E-state index contributed by atoms with van der Waals surface area (Å²) >= 11 is 0. The van der Waals surface area contributed by atoms with Crippen LogP contribution < -0.4 is 5.73 Å². The van der Waals surface area contributed by atoms with Gasteiger partial charge in [0.25, 0.3) is 0 Å². The van der Waals surface area contributed by atoms with Gasteiger partial charge in [0.05, 0.1) is 0 Å². The maximum atomic E-state index is 10.6. The molecule has 2 N–H and O–H groups in total. The Balaban J connectivity index is 2.80. The molecule has 1 aliphatic rings. The summed E-state index contributed by atoms with van der Waals surface area (Å²) in [6, 6.07) is 0. The molecule has 0 saturated heterocycles. The number of carbonyl (C=O) groups is 1. The number of cyclic esters (lactones) is 1. The third-order valence-electron chi connectivity index (χ3n) is 1.31. The Labute approximate surface area is 65.5 Å². The number of nitrogens with two attached hydrogens (primary N) is 1. The Hall–Kier alpha value is -1.09. The second kappa shape index (κ2) is 2.88. The van der Waals surface area contributed by atoms with Crippen LogP contribution in [0, 0.1) is 0 Å². The van der Waals surface area contributed by atoms with E-state index < -0.39 is 6.23 Å². The molecule has 11 heavy (non-hydrogen) atoms. The second-order valence-electron chi connectivity index (χ2n) is 2.72. The first-order valence-electron chi connectivity index (χ1n) is 3.42. The largest absolute Gasteiger partial charge is 0.439 e. The molecule has 1 heterocycles. The Kier molecular flexibility index (Phi) is 2.10. The smallest absolute Gasteiger partial charge is 0.333 e. The van der Waals surface area contributed by atoms with Gasteiger partial charge in [-0.25, -0.2) is 4.79 Å². The van der Waals surface area contributed by atoms with E-state index in [1.807, 2.05) is 19.9 Å². The summed E-state index contributed by atoms with van der Waals surface area (Å²) in [5.74, 6) is -0.356. The molecule has 0 aromatic carbocycles. The van der Waals surface area contributed by atoms with E-state index in [-0.39, 0.29) is 5.97 Å². The maximum absolute atomic E-state index is 10.6. The first kappa shape index (κ1) is 8.01. The van der Waals surface area contributed by atoms with Crippen LogP contribution in [-0.2, 0) is 9.53 Å². The van der Waals surface area contributed by atoms with Gasteiger partial charge in [-0.05, 0) is 13.8 Å². The van der Waals surface area contributed by atoms with Crippen LogP contribution in [0.3, 0.4) is 0 Å². The molecule has 0 radical (unpaired) electrons. The predicted octanol–water partition coefficient (Wildman–Crippen LogP) is 0.721. The van der Waals surface area contributed by atoms with Crippen LogP contribution in [0.1, 0.15) is 13.8 Å². The lowest BCUT2D eigenvalue weighted by Gasteiger charge is -2.03. The van der Waals surface area contributed by atoms with Gasteiger partial charge in [-0.2, -0.15) is 0 Å². The highest BCUT2D eigenvalue weighted by Crippen LogP contribution is 2.13.